The van der Waals surface area contributed by atoms with Crippen LogP contribution in [0, 0.1) is 0 Å². The minimum atomic E-state index is -5.23. The molecule has 0 heterocycles. The highest BCUT2D eigenvalue weighted by Gasteiger charge is 2.65. The van der Waals surface area contributed by atoms with Gasteiger partial charge in [-0.1, -0.05) is 0 Å². The van der Waals surface area contributed by atoms with Crippen molar-refractivity contribution in [2.24, 2.45) is 0 Å². The first-order chi connectivity index (χ1) is 6.20. The fraction of sp³-hybridized carbons (Fsp3) is 0.714. The Morgan fingerprint density at radius 1 is 0.929 bits per heavy atom. The van der Waals surface area contributed by atoms with E-state index in [4.69, 9.17) is 0 Å². The quantitative estimate of drug-likeness (QED) is 0.436. The van der Waals surface area contributed by atoms with E-state index in [-0.39, 0.29) is 6.08 Å². The fourth-order valence-electron chi connectivity index (χ4n) is 0.975. The third-order valence-corrected chi connectivity index (χ3v) is 1.86. The van der Waals surface area contributed by atoms with Crippen molar-refractivity contribution in [2.75, 3.05) is 0 Å². The van der Waals surface area contributed by atoms with Crippen LogP contribution in [0.15, 0.2) is 12.2 Å². The Bertz CT molecular complexity index is 246. The average Bonchev–Trinajstić information content (AvgIpc) is 2.13. The van der Waals surface area contributed by atoms with Crippen molar-refractivity contribution < 1.29 is 30.7 Å². The van der Waals surface area contributed by atoms with Gasteiger partial charge in [-0.15, -0.1) is 0 Å². The number of halogens is 7. The fourth-order valence-corrected chi connectivity index (χ4v) is 0.975. The standard InChI is InChI=1S/C7H5F7/c8-3-1-2-6(11,12)7(13,14)5(10)4(3)9/h1-5H. The predicted octanol–water partition coefficient (Wildman–Crippen LogP) is 2.84. The zero-order valence-electron chi connectivity index (χ0n) is 6.53. The van der Waals surface area contributed by atoms with Crippen LogP contribution in [0.5, 0.6) is 0 Å². The zero-order valence-corrected chi connectivity index (χ0v) is 6.53. The lowest BCUT2D eigenvalue weighted by atomic mass is 10.0. The van der Waals surface area contributed by atoms with Crippen molar-refractivity contribution in [3.8, 4) is 0 Å². The van der Waals surface area contributed by atoms with Gasteiger partial charge in [-0.05, 0) is 12.2 Å². The maximum absolute atomic E-state index is 12.5. The molecule has 0 N–H and O–H groups in total. The summed E-state index contributed by atoms with van der Waals surface area (Å²) in [5.74, 6) is -10.1. The Morgan fingerprint density at radius 2 is 1.43 bits per heavy atom. The van der Waals surface area contributed by atoms with Gasteiger partial charge < -0.3 is 0 Å². The van der Waals surface area contributed by atoms with Gasteiger partial charge in [0.15, 0.2) is 12.3 Å². The van der Waals surface area contributed by atoms with Gasteiger partial charge in [-0.3, -0.25) is 0 Å². The molecule has 82 valence electrons. The molecule has 3 unspecified atom stereocenters. The molecule has 0 radical (unpaired) electrons. The van der Waals surface area contributed by atoms with Crippen LogP contribution >= 0.6 is 0 Å². The number of hydrogen-bond acceptors (Lipinski definition) is 0. The van der Waals surface area contributed by atoms with E-state index in [0.29, 0.717) is 0 Å². The zero-order chi connectivity index (χ0) is 11.1. The summed E-state index contributed by atoms with van der Waals surface area (Å²) < 4.78 is 87.1. The average molecular weight is 222 g/mol. The molecule has 7 heteroatoms. The molecule has 14 heavy (non-hydrogen) atoms. The molecule has 3 atom stereocenters. The van der Waals surface area contributed by atoms with Gasteiger partial charge in [0.2, 0.25) is 6.17 Å². The van der Waals surface area contributed by atoms with Crippen LogP contribution in [-0.4, -0.2) is 30.4 Å². The molecule has 1 aliphatic carbocycles. The van der Waals surface area contributed by atoms with E-state index in [0.717, 1.165) is 0 Å². The highest BCUT2D eigenvalue weighted by atomic mass is 19.3. The van der Waals surface area contributed by atoms with Gasteiger partial charge in [-0.25, -0.2) is 13.2 Å². The molecule has 1 aliphatic rings. The second kappa shape index (κ2) is 3.13. The van der Waals surface area contributed by atoms with Gasteiger partial charge in [0.05, 0.1) is 0 Å². The van der Waals surface area contributed by atoms with E-state index < -0.39 is 36.4 Å². The molecule has 0 amide bonds. The molecule has 0 saturated heterocycles. The van der Waals surface area contributed by atoms with Gasteiger partial charge in [-0.2, -0.15) is 17.6 Å². The summed E-state index contributed by atoms with van der Waals surface area (Å²) in [6.07, 6.45) is -10.5. The van der Waals surface area contributed by atoms with E-state index in [1.807, 2.05) is 0 Å². The first kappa shape index (κ1) is 11.3. The number of allylic oxidation sites excluding steroid dienone is 2. The molecule has 0 aromatic carbocycles. The molecular weight excluding hydrogens is 217 g/mol. The SMILES string of the molecule is FC1C=CC(F)(F)C(F)(F)C(F)C1F. The van der Waals surface area contributed by atoms with Crippen molar-refractivity contribution in [1.29, 1.82) is 0 Å². The molecule has 0 aliphatic heterocycles. The summed E-state index contributed by atoms with van der Waals surface area (Å²) in [5, 5.41) is 0. The first-order valence-electron chi connectivity index (χ1n) is 3.57. The van der Waals surface area contributed by atoms with Gasteiger partial charge in [0.25, 0.3) is 0 Å². The second-order valence-electron chi connectivity index (χ2n) is 2.90. The molecule has 0 saturated carbocycles. The van der Waals surface area contributed by atoms with E-state index in [9.17, 15) is 30.7 Å². The topological polar surface area (TPSA) is 0 Å². The van der Waals surface area contributed by atoms with Gasteiger partial charge in [0.1, 0.15) is 0 Å². The smallest absolute Gasteiger partial charge is 0.240 e. The number of rotatable bonds is 0. The third kappa shape index (κ3) is 1.48. The summed E-state index contributed by atoms with van der Waals surface area (Å²) in [5.41, 5.74) is 0. The van der Waals surface area contributed by atoms with Crippen LogP contribution in [0.1, 0.15) is 0 Å². The van der Waals surface area contributed by atoms with Crippen LogP contribution in [-0.2, 0) is 0 Å². The minimum Gasteiger partial charge on any atom is -0.240 e. The Labute approximate surface area is 74.4 Å². The van der Waals surface area contributed by atoms with E-state index in [1.165, 1.54) is 0 Å². The maximum Gasteiger partial charge on any atom is 0.347 e. The van der Waals surface area contributed by atoms with Crippen molar-refractivity contribution in [2.45, 2.75) is 30.4 Å². The molecule has 0 aromatic rings. The van der Waals surface area contributed by atoms with Crippen molar-refractivity contribution >= 4 is 0 Å². The van der Waals surface area contributed by atoms with Crippen molar-refractivity contribution in [1.82, 2.24) is 0 Å². The Morgan fingerprint density at radius 3 is 1.93 bits per heavy atom. The Hall–Kier alpha value is -0.750. The summed E-state index contributed by atoms with van der Waals surface area (Å²) in [6, 6.07) is 0. The molecule has 0 bridgehead atoms. The molecule has 1 rings (SSSR count). The van der Waals surface area contributed by atoms with Crippen LogP contribution in [0.4, 0.5) is 30.7 Å². The first-order valence-corrected chi connectivity index (χ1v) is 3.57. The highest BCUT2D eigenvalue weighted by Crippen LogP contribution is 2.44. The lowest BCUT2D eigenvalue weighted by Crippen LogP contribution is -2.50. The van der Waals surface area contributed by atoms with E-state index in [2.05, 4.69) is 0 Å². The summed E-state index contributed by atoms with van der Waals surface area (Å²) in [7, 11) is 0. The number of alkyl halides is 7. The van der Waals surface area contributed by atoms with Crippen LogP contribution in [0.3, 0.4) is 0 Å². The van der Waals surface area contributed by atoms with Gasteiger partial charge >= 0.3 is 11.8 Å². The lowest BCUT2D eigenvalue weighted by molar-refractivity contribution is -0.223. The molecule has 0 aromatic heterocycles. The predicted molar refractivity (Wildman–Crippen MR) is 33.7 cm³/mol. The number of hydrogen-bond donors (Lipinski definition) is 0. The molecule has 0 nitrogen and oxygen atoms in total. The van der Waals surface area contributed by atoms with Crippen LogP contribution in [0.25, 0.3) is 0 Å². The molecule has 0 fully saturated rings. The summed E-state index contributed by atoms with van der Waals surface area (Å²) in [4.78, 5) is 0. The van der Waals surface area contributed by atoms with Crippen molar-refractivity contribution in [3.63, 3.8) is 0 Å². The normalized spacial score (nSPS) is 40.6. The molecule has 0 spiro atoms. The van der Waals surface area contributed by atoms with Gasteiger partial charge in [0, 0.05) is 0 Å². The largest absolute Gasteiger partial charge is 0.347 e. The third-order valence-electron chi connectivity index (χ3n) is 1.86. The minimum absolute atomic E-state index is 0.0991. The monoisotopic (exact) mass is 222 g/mol. The lowest BCUT2D eigenvalue weighted by Gasteiger charge is -2.26. The van der Waals surface area contributed by atoms with Crippen LogP contribution < -0.4 is 0 Å². The van der Waals surface area contributed by atoms with Crippen LogP contribution in [0.2, 0.25) is 0 Å². The summed E-state index contributed by atoms with van der Waals surface area (Å²) in [6.45, 7) is 0. The Balaban J connectivity index is 3.12. The van der Waals surface area contributed by atoms with E-state index >= 15 is 0 Å². The second-order valence-corrected chi connectivity index (χ2v) is 2.90. The van der Waals surface area contributed by atoms with Crippen molar-refractivity contribution in [3.05, 3.63) is 12.2 Å². The highest BCUT2D eigenvalue weighted by molar-refractivity contribution is 5.14. The van der Waals surface area contributed by atoms with E-state index in [1.54, 1.807) is 0 Å². The maximum atomic E-state index is 12.5. The molecular formula is C7H5F7. The Kier molecular flexibility index (Phi) is 2.53. The summed E-state index contributed by atoms with van der Waals surface area (Å²) >= 11 is 0.